The van der Waals surface area contributed by atoms with Crippen molar-refractivity contribution in [2.75, 3.05) is 12.4 Å². The molecule has 0 unspecified atom stereocenters. The summed E-state index contributed by atoms with van der Waals surface area (Å²) in [6, 6.07) is 4.99. The van der Waals surface area contributed by atoms with E-state index in [4.69, 9.17) is 9.47 Å². The Hall–Kier alpha value is -3.88. The van der Waals surface area contributed by atoms with Crippen molar-refractivity contribution in [2.24, 2.45) is 0 Å². The Labute approximate surface area is 191 Å². The maximum atomic E-state index is 12.5. The molecule has 3 aromatic rings. The second-order valence-corrected chi connectivity index (χ2v) is 8.43. The molecule has 9 nitrogen and oxygen atoms in total. The van der Waals surface area contributed by atoms with Crippen molar-refractivity contribution in [2.45, 2.75) is 46.6 Å². The van der Waals surface area contributed by atoms with Gasteiger partial charge in [-0.15, -0.1) is 0 Å². The van der Waals surface area contributed by atoms with Crippen molar-refractivity contribution in [1.82, 2.24) is 15.0 Å². The second kappa shape index (κ2) is 9.32. The normalized spacial score (nSPS) is 11.2. The van der Waals surface area contributed by atoms with Crippen molar-refractivity contribution >= 4 is 34.6 Å². The number of hydrogen-bond acceptors (Lipinski definition) is 8. The molecule has 0 fully saturated rings. The maximum absolute atomic E-state index is 12.5. The predicted octanol–water partition coefficient (Wildman–Crippen LogP) is 4.73. The molecule has 0 radical (unpaired) electrons. The van der Waals surface area contributed by atoms with Gasteiger partial charge >= 0.3 is 12.1 Å². The summed E-state index contributed by atoms with van der Waals surface area (Å²) in [6.45, 7) is 8.88. The number of nitrogens with one attached hydrogen (secondary N) is 1. The first kappa shape index (κ1) is 23.8. The monoisotopic (exact) mass is 450 g/mol. The third-order valence-corrected chi connectivity index (χ3v) is 4.71. The van der Waals surface area contributed by atoms with E-state index in [1.54, 1.807) is 52.1 Å². The number of aryl methyl sites for hydroxylation is 1. The van der Waals surface area contributed by atoms with Crippen LogP contribution in [0.2, 0.25) is 0 Å². The van der Waals surface area contributed by atoms with Gasteiger partial charge in [0.1, 0.15) is 17.1 Å². The Bertz CT molecular complexity index is 1250. The van der Waals surface area contributed by atoms with Gasteiger partial charge in [-0.1, -0.05) is 6.92 Å². The molecule has 0 atom stereocenters. The van der Waals surface area contributed by atoms with Gasteiger partial charge in [-0.3, -0.25) is 15.1 Å². The third-order valence-electron chi connectivity index (χ3n) is 4.71. The number of carbonyl (C=O) groups is 3. The number of pyridine rings is 3. The fraction of sp³-hybridized carbons (Fsp3) is 0.333. The van der Waals surface area contributed by atoms with Crippen LogP contribution in [0.4, 0.5) is 10.6 Å². The summed E-state index contributed by atoms with van der Waals surface area (Å²) >= 11 is 0. The minimum Gasteiger partial charge on any atom is -0.464 e. The highest BCUT2D eigenvalue weighted by Gasteiger charge is 2.21. The predicted molar refractivity (Wildman–Crippen MR) is 123 cm³/mol. The van der Waals surface area contributed by atoms with Gasteiger partial charge < -0.3 is 9.47 Å². The number of aromatic nitrogens is 3. The summed E-state index contributed by atoms with van der Waals surface area (Å²) in [5.74, 6) is -0.463. The van der Waals surface area contributed by atoms with Crippen LogP contribution in [0.1, 0.15) is 60.7 Å². The number of Topliss-reactive ketones (excluding diaryl/α,β-unsaturated/α-hetero) is 1. The number of carbonyl (C=O) groups excluding carboxylic acids is 3. The van der Waals surface area contributed by atoms with E-state index < -0.39 is 17.7 Å². The van der Waals surface area contributed by atoms with E-state index in [9.17, 15) is 14.4 Å². The highest BCUT2D eigenvalue weighted by Crippen LogP contribution is 2.30. The lowest BCUT2D eigenvalue weighted by Crippen LogP contribution is -2.27. The Morgan fingerprint density at radius 2 is 1.76 bits per heavy atom. The summed E-state index contributed by atoms with van der Waals surface area (Å²) in [5, 5.41) is 3.20. The summed E-state index contributed by atoms with van der Waals surface area (Å²) in [7, 11) is 1.27. The molecule has 33 heavy (non-hydrogen) atoms. The van der Waals surface area contributed by atoms with Crippen molar-refractivity contribution in [3.8, 4) is 11.1 Å². The number of ketones is 1. The molecule has 0 saturated heterocycles. The van der Waals surface area contributed by atoms with Crippen LogP contribution in [0.3, 0.4) is 0 Å². The summed E-state index contributed by atoms with van der Waals surface area (Å²) in [5.41, 5.74) is 2.14. The first-order chi connectivity index (χ1) is 15.5. The van der Waals surface area contributed by atoms with Gasteiger partial charge in [-0.25, -0.2) is 19.6 Å². The van der Waals surface area contributed by atoms with E-state index >= 15 is 0 Å². The molecule has 3 aromatic heterocycles. The van der Waals surface area contributed by atoms with E-state index in [1.807, 2.05) is 6.92 Å². The topological polar surface area (TPSA) is 120 Å². The molecule has 0 spiro atoms. The standard InChI is InChI=1S/C24H26N4O5/c1-7-19(29)18-8-13(2)16(12-25-18)15-9-14-11-26-20(28-23(31)33-24(3,4)5)10-17(14)27-21(15)22(30)32-6/h8-12H,7H2,1-6H3,(H,26,28,31). The highest BCUT2D eigenvalue weighted by atomic mass is 16.6. The molecule has 0 aliphatic heterocycles. The molecule has 0 bridgehead atoms. The van der Waals surface area contributed by atoms with E-state index in [0.29, 0.717) is 34.1 Å². The Morgan fingerprint density at radius 1 is 1.03 bits per heavy atom. The molecule has 3 heterocycles. The third kappa shape index (κ3) is 5.49. The zero-order valence-electron chi connectivity index (χ0n) is 19.5. The quantitative estimate of drug-likeness (QED) is 0.438. The lowest BCUT2D eigenvalue weighted by Gasteiger charge is -2.19. The van der Waals surface area contributed by atoms with Crippen LogP contribution >= 0.6 is 0 Å². The molecule has 9 heteroatoms. The molecule has 1 N–H and O–H groups in total. The zero-order valence-corrected chi connectivity index (χ0v) is 19.5. The van der Waals surface area contributed by atoms with Crippen LogP contribution in [0.25, 0.3) is 22.0 Å². The van der Waals surface area contributed by atoms with Crippen LogP contribution in [0.5, 0.6) is 0 Å². The molecule has 3 rings (SSSR count). The maximum Gasteiger partial charge on any atom is 0.413 e. The van der Waals surface area contributed by atoms with E-state index in [1.165, 1.54) is 13.3 Å². The van der Waals surface area contributed by atoms with Gasteiger partial charge in [0.15, 0.2) is 11.5 Å². The van der Waals surface area contributed by atoms with E-state index in [0.717, 1.165) is 5.56 Å². The largest absolute Gasteiger partial charge is 0.464 e. The average molecular weight is 450 g/mol. The number of methoxy groups -OCH3 is 1. The van der Waals surface area contributed by atoms with Crippen LogP contribution in [0.15, 0.2) is 30.6 Å². The fourth-order valence-electron chi connectivity index (χ4n) is 3.17. The smallest absolute Gasteiger partial charge is 0.413 e. The van der Waals surface area contributed by atoms with Crippen molar-refractivity contribution in [3.63, 3.8) is 0 Å². The Morgan fingerprint density at radius 3 is 2.36 bits per heavy atom. The number of hydrogen-bond donors (Lipinski definition) is 1. The SMILES string of the molecule is CCC(=O)c1cc(C)c(-c2cc3cnc(NC(=O)OC(C)(C)C)cc3nc2C(=O)OC)cn1. The molecule has 0 aliphatic rings. The highest BCUT2D eigenvalue weighted by molar-refractivity contribution is 6.01. The van der Waals surface area contributed by atoms with Crippen molar-refractivity contribution in [3.05, 3.63) is 47.5 Å². The number of esters is 1. The number of ether oxygens (including phenoxy) is 2. The molecule has 1 amide bonds. The number of nitrogens with zero attached hydrogens (tertiary/aromatic N) is 3. The van der Waals surface area contributed by atoms with Gasteiger partial charge in [0.05, 0.1) is 12.6 Å². The molecule has 172 valence electrons. The van der Waals surface area contributed by atoms with Gasteiger partial charge in [0.25, 0.3) is 0 Å². The van der Waals surface area contributed by atoms with Crippen LogP contribution in [-0.2, 0) is 9.47 Å². The number of fused-ring (bicyclic) bond motifs is 1. The fourth-order valence-corrected chi connectivity index (χ4v) is 3.17. The number of anilines is 1. The van der Waals surface area contributed by atoms with Gasteiger partial charge in [-0.2, -0.15) is 0 Å². The first-order valence-electron chi connectivity index (χ1n) is 10.4. The number of amides is 1. The lowest BCUT2D eigenvalue weighted by atomic mass is 9.98. The molecule has 0 aliphatic carbocycles. The van der Waals surface area contributed by atoms with Crippen molar-refractivity contribution in [1.29, 1.82) is 0 Å². The van der Waals surface area contributed by atoms with Crippen molar-refractivity contribution < 1.29 is 23.9 Å². The lowest BCUT2D eigenvalue weighted by molar-refractivity contribution is 0.0593. The van der Waals surface area contributed by atoms with Gasteiger partial charge in [-0.05, 0) is 45.4 Å². The minimum atomic E-state index is -0.657. The van der Waals surface area contributed by atoms with Gasteiger partial charge in [0, 0.05) is 41.4 Å². The Kier molecular flexibility index (Phi) is 6.71. The summed E-state index contributed by atoms with van der Waals surface area (Å²) in [6.07, 6.45) is 2.79. The minimum absolute atomic E-state index is 0.0660. The second-order valence-electron chi connectivity index (χ2n) is 8.43. The molecule has 0 aromatic carbocycles. The molecule has 0 saturated carbocycles. The summed E-state index contributed by atoms with van der Waals surface area (Å²) < 4.78 is 10.2. The van der Waals surface area contributed by atoms with Crippen LogP contribution in [0, 0.1) is 6.92 Å². The number of rotatable bonds is 5. The van der Waals surface area contributed by atoms with Crippen LogP contribution in [-0.4, -0.2) is 45.5 Å². The van der Waals surface area contributed by atoms with E-state index in [-0.39, 0.29) is 17.3 Å². The van der Waals surface area contributed by atoms with Crippen LogP contribution < -0.4 is 5.32 Å². The first-order valence-corrected chi connectivity index (χ1v) is 10.4. The zero-order chi connectivity index (χ0) is 24.3. The van der Waals surface area contributed by atoms with Gasteiger partial charge in [0.2, 0.25) is 0 Å². The van der Waals surface area contributed by atoms with E-state index in [2.05, 4.69) is 20.3 Å². The average Bonchev–Trinajstić information content (AvgIpc) is 2.75. The summed E-state index contributed by atoms with van der Waals surface area (Å²) in [4.78, 5) is 49.6. The molecular weight excluding hydrogens is 424 g/mol. The Balaban J connectivity index is 2.07. The molecular formula is C24H26N4O5.